The number of nitrogens with zero attached hydrogens (tertiary/aromatic N) is 2. The van der Waals surface area contributed by atoms with Gasteiger partial charge in [-0.1, -0.05) is 15.9 Å². The molecule has 2 rings (SSSR count). The Bertz CT molecular complexity index is 558. The van der Waals surface area contributed by atoms with E-state index in [4.69, 9.17) is 14.6 Å². The summed E-state index contributed by atoms with van der Waals surface area (Å²) in [6.07, 6.45) is 0. The fourth-order valence-electron chi connectivity index (χ4n) is 1.36. The smallest absolute Gasteiger partial charge is 0.213 e. The summed E-state index contributed by atoms with van der Waals surface area (Å²) in [5.74, 6) is 1.15. The largest absolute Gasteiger partial charge is 0.481 e. The highest BCUT2D eigenvalue weighted by Crippen LogP contribution is 2.20. The van der Waals surface area contributed by atoms with Crippen LogP contribution >= 0.6 is 47.8 Å². The van der Waals surface area contributed by atoms with Crippen molar-refractivity contribution in [2.75, 3.05) is 14.2 Å². The number of aliphatic hydroxyl groups is 1. The minimum Gasteiger partial charge on any atom is -0.481 e. The lowest BCUT2D eigenvalue weighted by Crippen LogP contribution is -1.94. The number of pyridine rings is 2. The lowest BCUT2D eigenvalue weighted by atomic mass is 10.4. The van der Waals surface area contributed by atoms with E-state index < -0.39 is 0 Å². The van der Waals surface area contributed by atoms with E-state index in [-0.39, 0.29) is 6.61 Å². The van der Waals surface area contributed by atoms with Gasteiger partial charge in [0.05, 0.1) is 32.2 Å². The number of hydrogen-bond acceptors (Lipinski definition) is 5. The predicted octanol–water partition coefficient (Wildman–Crippen LogP) is 4.09. The molecule has 5 nitrogen and oxygen atoms in total. The maximum Gasteiger partial charge on any atom is 0.213 e. The van der Waals surface area contributed by atoms with Crippen LogP contribution in [0.15, 0.2) is 33.2 Å². The van der Waals surface area contributed by atoms with E-state index in [9.17, 15) is 0 Å². The first-order valence-electron chi connectivity index (χ1n) is 6.11. The molecule has 0 aromatic carbocycles. The lowest BCUT2D eigenvalue weighted by Gasteiger charge is -2.02. The Morgan fingerprint density at radius 1 is 0.909 bits per heavy atom. The van der Waals surface area contributed by atoms with Crippen LogP contribution < -0.4 is 9.47 Å². The van der Waals surface area contributed by atoms with E-state index in [1.54, 1.807) is 19.2 Å². The molecule has 0 aliphatic carbocycles. The van der Waals surface area contributed by atoms with Gasteiger partial charge in [0, 0.05) is 26.4 Å². The minimum atomic E-state index is -0.0855. The molecule has 0 radical (unpaired) electrons. The summed E-state index contributed by atoms with van der Waals surface area (Å²) < 4.78 is 11.6. The van der Waals surface area contributed by atoms with E-state index in [1.807, 2.05) is 12.1 Å². The summed E-state index contributed by atoms with van der Waals surface area (Å²) in [4.78, 5) is 8.18. The van der Waals surface area contributed by atoms with Gasteiger partial charge in [0.1, 0.15) is 0 Å². The number of aromatic nitrogens is 2. The second kappa shape index (κ2) is 10.1. The maximum absolute atomic E-state index is 8.79. The standard InChI is InChI=1S/C7H7Br2NO.C7H8BrNO2/c1-11-7-3-2-5(9)6(4-8)10-7;1-11-7-3-2-5(8)6(4-10)9-7/h2-3H,4H2,1H3;2-3,10H,4H2,1H3. The Balaban J connectivity index is 0.000000220. The predicted molar refractivity (Wildman–Crippen MR) is 95.5 cm³/mol. The molecule has 0 aliphatic heterocycles. The van der Waals surface area contributed by atoms with Gasteiger partial charge >= 0.3 is 0 Å². The van der Waals surface area contributed by atoms with Gasteiger partial charge in [0.15, 0.2) is 0 Å². The van der Waals surface area contributed by atoms with Crippen molar-refractivity contribution in [1.82, 2.24) is 9.97 Å². The van der Waals surface area contributed by atoms with Crippen molar-refractivity contribution in [3.05, 3.63) is 44.6 Å². The molecule has 8 heteroatoms. The average molecular weight is 499 g/mol. The third-order valence-corrected chi connectivity index (χ3v) is 4.46. The zero-order valence-corrected chi connectivity index (χ0v) is 16.8. The molecule has 0 bridgehead atoms. The van der Waals surface area contributed by atoms with Crippen molar-refractivity contribution < 1.29 is 14.6 Å². The second-order valence-electron chi connectivity index (χ2n) is 3.86. The molecule has 0 atom stereocenters. The van der Waals surface area contributed by atoms with Gasteiger partial charge in [-0.05, 0) is 44.0 Å². The van der Waals surface area contributed by atoms with Crippen LogP contribution in [0.3, 0.4) is 0 Å². The topological polar surface area (TPSA) is 64.5 Å². The van der Waals surface area contributed by atoms with Crippen molar-refractivity contribution in [3.8, 4) is 11.8 Å². The first-order chi connectivity index (χ1) is 10.5. The van der Waals surface area contributed by atoms with Crippen LogP contribution in [0.2, 0.25) is 0 Å². The fraction of sp³-hybridized carbons (Fsp3) is 0.286. The van der Waals surface area contributed by atoms with E-state index in [2.05, 4.69) is 57.8 Å². The average Bonchev–Trinajstić information content (AvgIpc) is 2.56. The highest BCUT2D eigenvalue weighted by molar-refractivity contribution is 9.11. The number of rotatable bonds is 4. The van der Waals surface area contributed by atoms with Gasteiger partial charge in [-0.25, -0.2) is 9.97 Å². The molecular weight excluding hydrogens is 484 g/mol. The first-order valence-corrected chi connectivity index (χ1v) is 8.82. The van der Waals surface area contributed by atoms with Gasteiger partial charge in [-0.2, -0.15) is 0 Å². The number of halogens is 3. The maximum atomic E-state index is 8.79. The van der Waals surface area contributed by atoms with Gasteiger partial charge < -0.3 is 14.6 Å². The molecule has 0 spiro atoms. The Kier molecular flexibility index (Phi) is 8.92. The van der Waals surface area contributed by atoms with E-state index >= 15 is 0 Å². The van der Waals surface area contributed by atoms with Crippen molar-refractivity contribution in [1.29, 1.82) is 0 Å². The van der Waals surface area contributed by atoms with Crippen LogP contribution in [0.4, 0.5) is 0 Å². The number of aliphatic hydroxyl groups excluding tert-OH is 1. The van der Waals surface area contributed by atoms with Crippen molar-refractivity contribution in [2.24, 2.45) is 0 Å². The minimum absolute atomic E-state index is 0.0855. The highest BCUT2D eigenvalue weighted by Gasteiger charge is 2.01. The molecule has 22 heavy (non-hydrogen) atoms. The van der Waals surface area contributed by atoms with Gasteiger partial charge in [-0.3, -0.25) is 0 Å². The van der Waals surface area contributed by atoms with Crippen molar-refractivity contribution in [2.45, 2.75) is 11.9 Å². The molecule has 120 valence electrons. The summed E-state index contributed by atoms with van der Waals surface area (Å²) in [5, 5.41) is 9.52. The normalized spacial score (nSPS) is 9.73. The van der Waals surface area contributed by atoms with Crippen LogP contribution in [0.1, 0.15) is 11.4 Å². The Hall–Kier alpha value is -0.700. The third-order valence-electron chi connectivity index (χ3n) is 2.48. The SMILES string of the molecule is COc1ccc(Br)c(CBr)n1.COc1ccc(Br)c(CO)n1. The van der Waals surface area contributed by atoms with Crippen LogP contribution in [0, 0.1) is 0 Å². The van der Waals surface area contributed by atoms with Gasteiger partial charge in [0.2, 0.25) is 11.8 Å². The van der Waals surface area contributed by atoms with Crippen LogP contribution in [0.5, 0.6) is 11.8 Å². The van der Waals surface area contributed by atoms with Crippen molar-refractivity contribution in [3.63, 3.8) is 0 Å². The Morgan fingerprint density at radius 2 is 1.36 bits per heavy atom. The van der Waals surface area contributed by atoms with Crippen LogP contribution in [-0.2, 0) is 11.9 Å². The van der Waals surface area contributed by atoms with Crippen molar-refractivity contribution >= 4 is 47.8 Å². The summed E-state index contributed by atoms with van der Waals surface area (Å²) in [6.45, 7) is -0.0855. The molecule has 0 saturated carbocycles. The summed E-state index contributed by atoms with van der Waals surface area (Å²) >= 11 is 9.94. The highest BCUT2D eigenvalue weighted by atomic mass is 79.9. The Morgan fingerprint density at radius 3 is 1.77 bits per heavy atom. The molecule has 0 amide bonds. The molecule has 2 aromatic heterocycles. The molecule has 2 aromatic rings. The Labute approximate surface area is 154 Å². The number of ether oxygens (including phenoxy) is 2. The molecule has 2 heterocycles. The van der Waals surface area contributed by atoms with E-state index in [1.165, 1.54) is 7.11 Å². The zero-order valence-electron chi connectivity index (χ0n) is 12.0. The number of hydrogen-bond donors (Lipinski definition) is 1. The molecule has 0 fully saturated rings. The molecule has 0 aliphatic rings. The summed E-state index contributed by atoms with van der Waals surface area (Å²) in [6, 6.07) is 7.25. The first kappa shape index (κ1) is 19.3. The second-order valence-corrected chi connectivity index (χ2v) is 6.13. The molecular formula is C14H15Br3N2O3. The fourth-order valence-corrected chi connectivity index (χ4v) is 2.87. The molecule has 1 N–H and O–H groups in total. The molecule has 0 unspecified atom stereocenters. The monoisotopic (exact) mass is 496 g/mol. The zero-order chi connectivity index (χ0) is 16.5. The third kappa shape index (κ3) is 5.83. The number of methoxy groups -OCH3 is 2. The van der Waals surface area contributed by atoms with Gasteiger partial charge in [-0.15, -0.1) is 0 Å². The lowest BCUT2D eigenvalue weighted by molar-refractivity contribution is 0.273. The summed E-state index contributed by atoms with van der Waals surface area (Å²) in [7, 11) is 3.14. The quantitative estimate of drug-likeness (QED) is 0.643. The molecule has 0 saturated heterocycles. The summed E-state index contributed by atoms with van der Waals surface area (Å²) in [5.41, 5.74) is 1.54. The van der Waals surface area contributed by atoms with Crippen LogP contribution in [-0.4, -0.2) is 29.3 Å². The number of alkyl halides is 1. The van der Waals surface area contributed by atoms with Crippen LogP contribution in [0.25, 0.3) is 0 Å². The van der Waals surface area contributed by atoms with Gasteiger partial charge in [0.25, 0.3) is 0 Å². The van der Waals surface area contributed by atoms with E-state index in [0.29, 0.717) is 17.5 Å². The van der Waals surface area contributed by atoms with E-state index in [0.717, 1.165) is 20.0 Å².